The van der Waals surface area contributed by atoms with Crippen LogP contribution in [-0.4, -0.2) is 42.3 Å². The van der Waals surface area contributed by atoms with E-state index in [0.29, 0.717) is 12.8 Å². The molecule has 1 N–H and O–H groups in total. The maximum absolute atomic E-state index is 11.8. The van der Waals surface area contributed by atoms with Crippen LogP contribution < -0.4 is 5.32 Å². The summed E-state index contributed by atoms with van der Waals surface area (Å²) in [7, 11) is 1.67. The quantitative estimate of drug-likeness (QED) is 0.630. The molecule has 0 aromatic heterocycles. The van der Waals surface area contributed by atoms with Crippen LogP contribution in [0, 0.1) is 0 Å². The highest BCUT2D eigenvalue weighted by Gasteiger charge is 2.30. The lowest BCUT2D eigenvalue weighted by Gasteiger charge is -2.28. The second-order valence-electron chi connectivity index (χ2n) is 5.03. The first-order valence-corrected chi connectivity index (χ1v) is 6.80. The number of esters is 1. The third-order valence-electron chi connectivity index (χ3n) is 3.36. The Labute approximate surface area is 123 Å². The summed E-state index contributed by atoms with van der Waals surface area (Å²) in [5, 5.41) is 2.27. The maximum atomic E-state index is 11.8. The molecule has 1 unspecified atom stereocenters. The molecule has 1 atom stereocenters. The van der Waals surface area contributed by atoms with Gasteiger partial charge < -0.3 is 4.74 Å². The largest absolute Gasteiger partial charge is 0.460 e. The van der Waals surface area contributed by atoms with E-state index < -0.39 is 12.0 Å². The maximum Gasteiger partial charge on any atom is 0.320 e. The van der Waals surface area contributed by atoms with E-state index in [0.717, 1.165) is 5.56 Å². The predicted octanol–water partition coefficient (Wildman–Crippen LogP) is 0.467. The third-order valence-corrected chi connectivity index (χ3v) is 3.36. The summed E-state index contributed by atoms with van der Waals surface area (Å²) >= 11 is 0. The summed E-state index contributed by atoms with van der Waals surface area (Å²) < 4.78 is 5.17. The first kappa shape index (κ1) is 15.2. The molecule has 112 valence electrons. The molecule has 1 aliphatic heterocycles. The number of carbonyl (C=O) groups is 3. The standard InChI is InChI=1S/C15H18N2O4/c1-17(12-7-8-13(18)16-15(12)20)9-14(19)21-10-11-5-3-2-4-6-11/h2-6,12H,7-10H2,1H3,(H,16,18,20). The normalized spacial score (nSPS) is 18.5. The van der Waals surface area contributed by atoms with Crippen LogP contribution in [0.2, 0.25) is 0 Å². The Kier molecular flexibility index (Phi) is 5.05. The van der Waals surface area contributed by atoms with Gasteiger partial charge in [0.2, 0.25) is 11.8 Å². The fourth-order valence-electron chi connectivity index (χ4n) is 2.20. The Morgan fingerprint density at radius 2 is 2.05 bits per heavy atom. The molecule has 0 bridgehead atoms. The molecule has 2 amide bonds. The first-order valence-electron chi connectivity index (χ1n) is 6.80. The number of amides is 2. The van der Waals surface area contributed by atoms with Crippen molar-refractivity contribution in [3.05, 3.63) is 35.9 Å². The van der Waals surface area contributed by atoms with Gasteiger partial charge in [-0.1, -0.05) is 30.3 Å². The van der Waals surface area contributed by atoms with E-state index in [2.05, 4.69) is 5.32 Å². The Hall–Kier alpha value is -2.21. The van der Waals surface area contributed by atoms with Gasteiger partial charge >= 0.3 is 5.97 Å². The van der Waals surface area contributed by atoms with E-state index in [1.807, 2.05) is 30.3 Å². The lowest BCUT2D eigenvalue weighted by atomic mass is 10.1. The zero-order valence-electron chi connectivity index (χ0n) is 11.9. The fraction of sp³-hybridized carbons (Fsp3) is 0.400. The molecule has 1 aromatic rings. The van der Waals surface area contributed by atoms with Crippen LogP contribution in [0.1, 0.15) is 18.4 Å². The highest BCUT2D eigenvalue weighted by atomic mass is 16.5. The number of rotatable bonds is 5. The topological polar surface area (TPSA) is 75.7 Å². The summed E-state index contributed by atoms with van der Waals surface area (Å²) in [4.78, 5) is 36.1. The molecular formula is C15H18N2O4. The van der Waals surface area contributed by atoms with Crippen LogP contribution in [0.3, 0.4) is 0 Å². The molecule has 1 heterocycles. The summed E-state index contributed by atoms with van der Waals surface area (Å²) in [6.45, 7) is 0.224. The Bertz CT molecular complexity index is 530. The predicted molar refractivity (Wildman–Crippen MR) is 75.0 cm³/mol. The van der Waals surface area contributed by atoms with Gasteiger partial charge in [-0.15, -0.1) is 0 Å². The van der Waals surface area contributed by atoms with Gasteiger partial charge in [0, 0.05) is 6.42 Å². The fourth-order valence-corrected chi connectivity index (χ4v) is 2.20. The van der Waals surface area contributed by atoms with Crippen molar-refractivity contribution in [2.75, 3.05) is 13.6 Å². The van der Waals surface area contributed by atoms with Crippen LogP contribution in [0.4, 0.5) is 0 Å². The Morgan fingerprint density at radius 1 is 1.33 bits per heavy atom. The average molecular weight is 290 g/mol. The second-order valence-corrected chi connectivity index (χ2v) is 5.03. The second kappa shape index (κ2) is 6.99. The van der Waals surface area contributed by atoms with Gasteiger partial charge in [0.05, 0.1) is 12.6 Å². The minimum Gasteiger partial charge on any atom is -0.460 e. The van der Waals surface area contributed by atoms with Gasteiger partial charge in [0.1, 0.15) is 6.61 Å². The van der Waals surface area contributed by atoms with Crippen molar-refractivity contribution in [2.24, 2.45) is 0 Å². The molecule has 0 radical (unpaired) electrons. The molecule has 1 fully saturated rings. The average Bonchev–Trinajstić information content (AvgIpc) is 2.46. The van der Waals surface area contributed by atoms with E-state index in [1.165, 1.54) is 0 Å². The zero-order valence-corrected chi connectivity index (χ0v) is 11.9. The lowest BCUT2D eigenvalue weighted by molar-refractivity contribution is -0.147. The van der Waals surface area contributed by atoms with Crippen LogP contribution >= 0.6 is 0 Å². The minimum absolute atomic E-state index is 0.0130. The number of nitrogens with one attached hydrogen (secondary N) is 1. The van der Waals surface area contributed by atoms with Gasteiger partial charge in [-0.3, -0.25) is 24.6 Å². The first-order chi connectivity index (χ1) is 10.1. The van der Waals surface area contributed by atoms with Crippen molar-refractivity contribution in [1.29, 1.82) is 0 Å². The molecule has 21 heavy (non-hydrogen) atoms. The molecular weight excluding hydrogens is 272 g/mol. The highest BCUT2D eigenvalue weighted by Crippen LogP contribution is 2.11. The van der Waals surface area contributed by atoms with Gasteiger partial charge in [-0.25, -0.2) is 0 Å². The lowest BCUT2D eigenvalue weighted by Crippen LogP contribution is -2.52. The van der Waals surface area contributed by atoms with Gasteiger partial charge in [0.15, 0.2) is 0 Å². The number of benzene rings is 1. The van der Waals surface area contributed by atoms with Gasteiger partial charge in [-0.2, -0.15) is 0 Å². The molecule has 6 nitrogen and oxygen atoms in total. The molecule has 0 saturated carbocycles. The SMILES string of the molecule is CN(CC(=O)OCc1ccccc1)C1CCC(=O)NC1=O. The minimum atomic E-state index is -0.466. The molecule has 0 aliphatic carbocycles. The monoisotopic (exact) mass is 290 g/mol. The number of carbonyl (C=O) groups excluding carboxylic acids is 3. The van der Waals surface area contributed by atoms with Crippen molar-refractivity contribution in [3.8, 4) is 0 Å². The third kappa shape index (κ3) is 4.39. The summed E-state index contributed by atoms with van der Waals surface area (Å²) in [5.74, 6) is -1.02. The van der Waals surface area contributed by atoms with E-state index in [-0.39, 0.29) is 25.0 Å². The number of likely N-dealkylation sites (N-methyl/N-ethyl adjacent to an activating group) is 1. The van der Waals surface area contributed by atoms with E-state index in [9.17, 15) is 14.4 Å². The molecule has 1 saturated heterocycles. The number of ether oxygens (including phenoxy) is 1. The van der Waals surface area contributed by atoms with Crippen molar-refractivity contribution >= 4 is 17.8 Å². The van der Waals surface area contributed by atoms with Crippen molar-refractivity contribution in [1.82, 2.24) is 10.2 Å². The van der Waals surface area contributed by atoms with Gasteiger partial charge in [-0.05, 0) is 19.0 Å². The van der Waals surface area contributed by atoms with E-state index in [1.54, 1.807) is 11.9 Å². The van der Waals surface area contributed by atoms with Crippen molar-refractivity contribution < 1.29 is 19.1 Å². The summed E-state index contributed by atoms with van der Waals surface area (Å²) in [6.07, 6.45) is 0.715. The Balaban J connectivity index is 1.79. The van der Waals surface area contributed by atoms with Gasteiger partial charge in [0.25, 0.3) is 0 Å². The van der Waals surface area contributed by atoms with E-state index in [4.69, 9.17) is 4.74 Å². The molecule has 2 rings (SSSR count). The highest BCUT2D eigenvalue weighted by molar-refractivity contribution is 6.00. The van der Waals surface area contributed by atoms with Crippen molar-refractivity contribution in [2.45, 2.75) is 25.5 Å². The number of piperidine rings is 1. The number of hydrogen-bond donors (Lipinski definition) is 1. The van der Waals surface area contributed by atoms with E-state index >= 15 is 0 Å². The summed E-state index contributed by atoms with van der Waals surface area (Å²) in [6, 6.07) is 8.92. The van der Waals surface area contributed by atoms with Crippen LogP contribution in [0.15, 0.2) is 30.3 Å². The number of imide groups is 1. The zero-order chi connectivity index (χ0) is 15.2. The molecule has 1 aromatic carbocycles. The molecule has 0 spiro atoms. The van der Waals surface area contributed by atoms with Crippen LogP contribution in [0.5, 0.6) is 0 Å². The smallest absolute Gasteiger partial charge is 0.320 e. The van der Waals surface area contributed by atoms with Crippen LogP contribution in [0.25, 0.3) is 0 Å². The number of hydrogen-bond acceptors (Lipinski definition) is 5. The summed E-state index contributed by atoms with van der Waals surface area (Å²) in [5.41, 5.74) is 0.912. The van der Waals surface area contributed by atoms with Crippen LogP contribution in [-0.2, 0) is 25.7 Å². The van der Waals surface area contributed by atoms with Crippen molar-refractivity contribution in [3.63, 3.8) is 0 Å². The molecule has 6 heteroatoms. The number of nitrogens with zero attached hydrogens (tertiary/aromatic N) is 1. The Morgan fingerprint density at radius 3 is 2.71 bits per heavy atom. The molecule has 1 aliphatic rings.